The number of halogens is 1. The SMILES string of the molecule is COCCN(c1ncc(I)cn1)C1CC1. The van der Waals surface area contributed by atoms with Gasteiger partial charge in [0.25, 0.3) is 0 Å². The molecule has 4 nitrogen and oxygen atoms in total. The molecule has 0 aromatic carbocycles. The van der Waals surface area contributed by atoms with E-state index in [2.05, 4.69) is 37.5 Å². The van der Waals surface area contributed by atoms with Gasteiger partial charge in [-0.15, -0.1) is 0 Å². The van der Waals surface area contributed by atoms with E-state index in [-0.39, 0.29) is 0 Å². The minimum atomic E-state index is 0.625. The Morgan fingerprint density at radius 2 is 2.13 bits per heavy atom. The number of hydrogen-bond donors (Lipinski definition) is 0. The summed E-state index contributed by atoms with van der Waals surface area (Å²) in [6.07, 6.45) is 6.20. The second kappa shape index (κ2) is 5.07. The molecule has 0 spiro atoms. The fraction of sp³-hybridized carbons (Fsp3) is 0.600. The molecular formula is C10H14IN3O. The van der Waals surface area contributed by atoms with Crippen LogP contribution in [-0.4, -0.2) is 36.3 Å². The van der Waals surface area contributed by atoms with Crippen LogP contribution in [0.4, 0.5) is 5.95 Å². The first-order valence-corrected chi connectivity index (χ1v) is 6.12. The molecule has 0 atom stereocenters. The highest BCUT2D eigenvalue weighted by Gasteiger charge is 2.30. The van der Waals surface area contributed by atoms with E-state index in [9.17, 15) is 0 Å². The maximum absolute atomic E-state index is 5.10. The normalized spacial score (nSPS) is 15.3. The topological polar surface area (TPSA) is 38.2 Å². The molecule has 0 unspecified atom stereocenters. The lowest BCUT2D eigenvalue weighted by Crippen LogP contribution is -2.31. The van der Waals surface area contributed by atoms with Gasteiger partial charge >= 0.3 is 0 Å². The monoisotopic (exact) mass is 319 g/mol. The van der Waals surface area contributed by atoms with E-state index in [1.165, 1.54) is 12.8 Å². The molecule has 1 aromatic heterocycles. The fourth-order valence-corrected chi connectivity index (χ4v) is 1.75. The van der Waals surface area contributed by atoms with Crippen molar-refractivity contribution >= 4 is 28.5 Å². The summed E-state index contributed by atoms with van der Waals surface area (Å²) in [5, 5.41) is 0. The van der Waals surface area contributed by atoms with Crippen molar-refractivity contribution in [3.05, 3.63) is 16.0 Å². The van der Waals surface area contributed by atoms with Crippen molar-refractivity contribution in [2.24, 2.45) is 0 Å². The van der Waals surface area contributed by atoms with Crippen molar-refractivity contribution in [2.75, 3.05) is 25.2 Å². The van der Waals surface area contributed by atoms with Crippen LogP contribution in [0.1, 0.15) is 12.8 Å². The molecule has 0 aliphatic heterocycles. The average molecular weight is 319 g/mol. The zero-order valence-electron chi connectivity index (χ0n) is 8.69. The van der Waals surface area contributed by atoms with Gasteiger partial charge in [0.1, 0.15) is 0 Å². The first-order valence-electron chi connectivity index (χ1n) is 5.04. The molecule has 0 N–H and O–H groups in total. The predicted octanol–water partition coefficient (Wildman–Crippen LogP) is 1.70. The van der Waals surface area contributed by atoms with Crippen LogP contribution in [0.3, 0.4) is 0 Å². The van der Waals surface area contributed by atoms with Crippen LogP contribution in [0.5, 0.6) is 0 Å². The van der Waals surface area contributed by atoms with E-state index in [0.717, 1.165) is 22.7 Å². The van der Waals surface area contributed by atoms with Gasteiger partial charge in [-0.05, 0) is 35.4 Å². The molecule has 5 heteroatoms. The van der Waals surface area contributed by atoms with Crippen LogP contribution in [0.15, 0.2) is 12.4 Å². The summed E-state index contributed by atoms with van der Waals surface area (Å²) in [7, 11) is 1.72. The molecule has 82 valence electrons. The lowest BCUT2D eigenvalue weighted by molar-refractivity contribution is 0.204. The Morgan fingerprint density at radius 1 is 1.47 bits per heavy atom. The van der Waals surface area contributed by atoms with Crippen LogP contribution in [-0.2, 0) is 4.74 Å². The molecular weight excluding hydrogens is 305 g/mol. The highest BCUT2D eigenvalue weighted by atomic mass is 127. The summed E-state index contributed by atoms with van der Waals surface area (Å²) in [6.45, 7) is 1.60. The van der Waals surface area contributed by atoms with Crippen molar-refractivity contribution in [2.45, 2.75) is 18.9 Å². The molecule has 1 aromatic rings. The largest absolute Gasteiger partial charge is 0.383 e. The Labute approximate surface area is 103 Å². The number of nitrogens with zero attached hydrogens (tertiary/aromatic N) is 3. The minimum Gasteiger partial charge on any atom is -0.383 e. The Balaban J connectivity index is 2.06. The van der Waals surface area contributed by atoms with Gasteiger partial charge in [0, 0.05) is 35.7 Å². The quantitative estimate of drug-likeness (QED) is 0.774. The van der Waals surface area contributed by atoms with Gasteiger partial charge in [0.05, 0.1) is 6.61 Å². The lowest BCUT2D eigenvalue weighted by Gasteiger charge is -2.21. The molecule has 0 radical (unpaired) electrons. The van der Waals surface area contributed by atoms with E-state index in [1.807, 2.05) is 12.4 Å². The third kappa shape index (κ3) is 3.01. The van der Waals surface area contributed by atoms with Crippen molar-refractivity contribution in [3.8, 4) is 0 Å². The van der Waals surface area contributed by atoms with E-state index >= 15 is 0 Å². The van der Waals surface area contributed by atoms with Crippen LogP contribution in [0.2, 0.25) is 0 Å². The van der Waals surface area contributed by atoms with Crippen LogP contribution >= 0.6 is 22.6 Å². The second-order valence-electron chi connectivity index (χ2n) is 3.62. The maximum atomic E-state index is 5.10. The Bertz CT molecular complexity index is 313. The molecule has 2 rings (SSSR count). The summed E-state index contributed by atoms with van der Waals surface area (Å²) >= 11 is 2.21. The van der Waals surface area contributed by atoms with E-state index in [0.29, 0.717) is 6.04 Å². The van der Waals surface area contributed by atoms with Crippen LogP contribution < -0.4 is 4.90 Å². The van der Waals surface area contributed by atoms with Gasteiger partial charge in [-0.2, -0.15) is 0 Å². The third-order valence-corrected chi connectivity index (χ3v) is 2.94. The summed E-state index contributed by atoms with van der Waals surface area (Å²) in [6, 6.07) is 0.625. The summed E-state index contributed by atoms with van der Waals surface area (Å²) < 4.78 is 6.17. The zero-order valence-corrected chi connectivity index (χ0v) is 10.8. The lowest BCUT2D eigenvalue weighted by atomic mass is 10.5. The smallest absolute Gasteiger partial charge is 0.225 e. The van der Waals surface area contributed by atoms with E-state index in [1.54, 1.807) is 7.11 Å². The zero-order chi connectivity index (χ0) is 10.7. The summed E-state index contributed by atoms with van der Waals surface area (Å²) in [5.74, 6) is 0.829. The molecule has 0 amide bonds. The molecule has 1 aliphatic carbocycles. The van der Waals surface area contributed by atoms with Gasteiger partial charge in [-0.3, -0.25) is 0 Å². The van der Waals surface area contributed by atoms with Gasteiger partial charge in [0.2, 0.25) is 5.95 Å². The second-order valence-corrected chi connectivity index (χ2v) is 4.86. The van der Waals surface area contributed by atoms with Crippen molar-refractivity contribution in [1.82, 2.24) is 9.97 Å². The number of rotatable bonds is 5. The van der Waals surface area contributed by atoms with Crippen LogP contribution in [0.25, 0.3) is 0 Å². The molecule has 1 heterocycles. The third-order valence-electron chi connectivity index (χ3n) is 2.39. The van der Waals surface area contributed by atoms with Gasteiger partial charge in [-0.1, -0.05) is 0 Å². The van der Waals surface area contributed by atoms with Crippen molar-refractivity contribution in [1.29, 1.82) is 0 Å². The molecule has 1 fully saturated rings. The average Bonchev–Trinajstić information content (AvgIpc) is 3.05. The molecule has 0 saturated heterocycles. The van der Waals surface area contributed by atoms with Crippen molar-refractivity contribution in [3.63, 3.8) is 0 Å². The van der Waals surface area contributed by atoms with Gasteiger partial charge < -0.3 is 9.64 Å². The summed E-state index contributed by atoms with van der Waals surface area (Å²) in [4.78, 5) is 10.9. The number of anilines is 1. The van der Waals surface area contributed by atoms with Crippen LogP contribution in [0, 0.1) is 3.57 Å². The number of ether oxygens (including phenoxy) is 1. The number of hydrogen-bond acceptors (Lipinski definition) is 4. The first-order chi connectivity index (χ1) is 7.31. The highest BCUT2D eigenvalue weighted by Crippen LogP contribution is 2.29. The van der Waals surface area contributed by atoms with E-state index < -0.39 is 0 Å². The first kappa shape index (κ1) is 11.1. The highest BCUT2D eigenvalue weighted by molar-refractivity contribution is 14.1. The Hall–Kier alpha value is -0.430. The predicted molar refractivity (Wildman–Crippen MR) is 67.0 cm³/mol. The maximum Gasteiger partial charge on any atom is 0.225 e. The van der Waals surface area contributed by atoms with Gasteiger partial charge in [-0.25, -0.2) is 9.97 Å². The minimum absolute atomic E-state index is 0.625. The molecule has 1 saturated carbocycles. The van der Waals surface area contributed by atoms with Gasteiger partial charge in [0.15, 0.2) is 0 Å². The number of methoxy groups -OCH3 is 1. The molecule has 0 bridgehead atoms. The number of aromatic nitrogens is 2. The standard InChI is InChI=1S/C10H14IN3O/c1-15-5-4-14(9-2-3-9)10-12-6-8(11)7-13-10/h6-7,9H,2-5H2,1H3. The summed E-state index contributed by atoms with van der Waals surface area (Å²) in [5.41, 5.74) is 0. The van der Waals surface area contributed by atoms with E-state index in [4.69, 9.17) is 4.74 Å². The molecule has 15 heavy (non-hydrogen) atoms. The Kier molecular flexibility index (Phi) is 3.74. The van der Waals surface area contributed by atoms with Crippen molar-refractivity contribution < 1.29 is 4.74 Å². The Morgan fingerprint density at radius 3 is 2.67 bits per heavy atom. The molecule has 1 aliphatic rings. The fourth-order valence-electron chi connectivity index (χ4n) is 1.48.